The lowest BCUT2D eigenvalue weighted by atomic mass is 9.94. The van der Waals surface area contributed by atoms with E-state index in [4.69, 9.17) is 28.4 Å². The number of rotatable bonds is 21. The topological polar surface area (TPSA) is 296 Å². The van der Waals surface area contributed by atoms with E-state index < -0.39 is 48.2 Å². The van der Waals surface area contributed by atoms with Crippen molar-refractivity contribution >= 4 is 81.3 Å². The van der Waals surface area contributed by atoms with Crippen LogP contribution in [0.3, 0.4) is 0 Å². The number of nitrogens with zero attached hydrogens (tertiary/aromatic N) is 6. The maximum absolute atomic E-state index is 14.5. The molecular formula is C76H86N12O14. The van der Waals surface area contributed by atoms with Crippen LogP contribution in [0.15, 0.2) is 122 Å². The number of pyridine rings is 1. The lowest BCUT2D eigenvalue weighted by Gasteiger charge is -2.36. The summed E-state index contributed by atoms with van der Waals surface area (Å²) in [4.78, 5) is 109. The summed E-state index contributed by atoms with van der Waals surface area (Å²) >= 11 is 0. The average Bonchev–Trinajstić information content (AvgIpc) is 1.56. The molecule has 1 unspecified atom stereocenters. The molecule has 5 atom stereocenters. The normalized spacial score (nSPS) is 18.9. The molecule has 6 aliphatic heterocycles. The quantitative estimate of drug-likeness (QED) is 0.0331. The molecule has 7 aliphatic rings. The molecule has 5 aromatic carbocycles. The van der Waals surface area contributed by atoms with Crippen molar-refractivity contribution < 1.29 is 67.1 Å². The highest BCUT2D eigenvalue weighted by Crippen LogP contribution is 2.57. The Balaban J connectivity index is 0.613. The molecule has 2 fully saturated rings. The third kappa shape index (κ3) is 14.0. The summed E-state index contributed by atoms with van der Waals surface area (Å²) < 4.78 is 35.2. The molecule has 26 nitrogen and oxygen atoms in total. The maximum Gasteiger partial charge on any atom is 0.416 e. The Morgan fingerprint density at radius 2 is 1.46 bits per heavy atom. The fraction of sp³-hybridized carbons (Fsp3) is 0.395. The number of para-hydroxylation sites is 1. The number of aliphatic hydroxyl groups is 1. The lowest BCUT2D eigenvalue weighted by Crippen LogP contribution is -2.53. The van der Waals surface area contributed by atoms with Gasteiger partial charge >= 0.3 is 6.09 Å². The molecule has 7 N–H and O–H groups in total. The molecule has 13 rings (SSSR count). The van der Waals surface area contributed by atoms with Crippen LogP contribution in [0.25, 0.3) is 17.0 Å². The van der Waals surface area contributed by atoms with E-state index in [0.29, 0.717) is 77.9 Å². The second-order valence-electron chi connectivity index (χ2n) is 28.2. The highest BCUT2D eigenvalue weighted by Gasteiger charge is 2.58. The number of anilines is 4. The number of carbonyl (C=O) groups is 7. The van der Waals surface area contributed by atoms with Gasteiger partial charge in [-0.15, -0.1) is 5.53 Å². The van der Waals surface area contributed by atoms with Crippen LogP contribution < -0.4 is 65.7 Å². The second kappa shape index (κ2) is 28.6. The van der Waals surface area contributed by atoms with E-state index in [1.165, 1.54) is 33.3 Å². The van der Waals surface area contributed by atoms with Gasteiger partial charge in [0.2, 0.25) is 29.5 Å². The predicted octanol–water partition coefficient (Wildman–Crippen LogP) is 8.97. The fourth-order valence-corrected chi connectivity index (χ4v) is 14.1. The number of aliphatic hydroxyl groups excluding tert-OH is 1. The predicted molar refractivity (Wildman–Crippen MR) is 381 cm³/mol. The Labute approximate surface area is 591 Å². The molecule has 7 amide bonds. The van der Waals surface area contributed by atoms with Crippen LogP contribution in [0.5, 0.6) is 28.9 Å². The minimum atomic E-state index is -1.49. The summed E-state index contributed by atoms with van der Waals surface area (Å²) in [6.07, 6.45) is 4.14. The molecule has 1 saturated heterocycles. The van der Waals surface area contributed by atoms with Crippen LogP contribution in [-0.4, -0.2) is 150 Å². The fourth-order valence-electron chi connectivity index (χ4n) is 14.1. The largest absolute Gasteiger partial charge is 0.493 e. The number of fused-ring (bicyclic) bond motifs is 8. The summed E-state index contributed by atoms with van der Waals surface area (Å²) in [5, 5.41) is 26.1. The zero-order valence-corrected chi connectivity index (χ0v) is 58.6. The summed E-state index contributed by atoms with van der Waals surface area (Å²) in [6.45, 7) is 12.5. The van der Waals surface area contributed by atoms with Crippen LogP contribution in [-0.2, 0) is 37.1 Å². The molecule has 26 heteroatoms. The molecule has 1 spiro atoms. The summed E-state index contributed by atoms with van der Waals surface area (Å²) in [5.41, 5.74) is 15.4. The average molecular weight is 1390 g/mol. The number of carbonyl (C=O) groups excluding carboxylic acids is 7. The van der Waals surface area contributed by atoms with Gasteiger partial charge < -0.3 is 74.9 Å². The van der Waals surface area contributed by atoms with E-state index in [1.807, 2.05) is 60.8 Å². The summed E-state index contributed by atoms with van der Waals surface area (Å²) in [7, 11) is 4.52. The zero-order chi connectivity index (χ0) is 71.9. The minimum absolute atomic E-state index is 0.0707. The molecule has 1 aromatic heterocycles. The number of hydrogen-bond donors (Lipinski definition) is 7. The Morgan fingerprint density at radius 1 is 0.755 bits per heavy atom. The minimum Gasteiger partial charge on any atom is -0.493 e. The second-order valence-corrected chi connectivity index (χ2v) is 28.2. The number of hydrogen-bond acceptors (Lipinski definition) is 19. The Hall–Kier alpha value is -10.9. The first-order chi connectivity index (χ1) is 49.0. The molecule has 7 heterocycles. The van der Waals surface area contributed by atoms with E-state index in [2.05, 4.69) is 63.0 Å². The number of ether oxygens (including phenoxy) is 6. The standard InChI is InChI=1S/C76H86N12O14/c1-43(2)66(81-63(89)24-26-65(90)85-39-47-15-10-11-16-51(47)67-68(52-17-12-13-18-56(52)85)88(83-82-67)75(4,5)6)70(92)79-44(3)69(91)80-49-22-19-45(20-23-49)41-102-74(96)87-57-35-62(60(98-8)33-54(57)72(94)86-42-76(27-28-76)36-58(86)73(87)95)101-30-14-29-100-61-34-55-53(32-59(61)97-7)71(93)84-40-48(31-50(84)38-77-55)46-21-25-64(99-9)78-37-46/h10-13,15-23,25,32-35,37,40,43-44,50,58,66,73,77,82-83,95H,14,24,26-31,36,38-39,41-42H2,1-9H3,(H,79,92)(H,80,91)(H,81,89)/t44-,50-,58-,66-,73?/m0/s1. The van der Waals surface area contributed by atoms with E-state index in [0.717, 1.165) is 57.0 Å². The number of hydrazine groups is 2. The van der Waals surface area contributed by atoms with E-state index in [9.17, 15) is 38.7 Å². The molecule has 1 aliphatic carbocycles. The maximum atomic E-state index is 14.5. The molecule has 0 bridgehead atoms. The van der Waals surface area contributed by atoms with Crippen molar-refractivity contribution in [3.63, 3.8) is 0 Å². The molecule has 102 heavy (non-hydrogen) atoms. The highest BCUT2D eigenvalue weighted by molar-refractivity contribution is 6.07. The van der Waals surface area contributed by atoms with Gasteiger partial charge in [0.25, 0.3) is 11.8 Å². The van der Waals surface area contributed by atoms with Gasteiger partial charge in [0.1, 0.15) is 18.7 Å². The Bertz CT molecular complexity index is 4340. The Morgan fingerprint density at radius 3 is 2.15 bits per heavy atom. The van der Waals surface area contributed by atoms with Gasteiger partial charge in [-0.2, -0.15) is 0 Å². The summed E-state index contributed by atoms with van der Waals surface area (Å²) in [5.74, 6) is -1.12. The van der Waals surface area contributed by atoms with E-state index >= 15 is 0 Å². The van der Waals surface area contributed by atoms with Crippen LogP contribution in [0, 0.1) is 11.3 Å². The van der Waals surface area contributed by atoms with Gasteiger partial charge in [-0.1, -0.05) is 68.4 Å². The first-order valence-electron chi connectivity index (χ1n) is 34.5. The first kappa shape index (κ1) is 69.6. The number of methoxy groups -OCH3 is 3. The van der Waals surface area contributed by atoms with Gasteiger partial charge in [0, 0.05) is 85.3 Å². The smallest absolute Gasteiger partial charge is 0.416 e. The van der Waals surface area contributed by atoms with Crippen LogP contribution >= 0.6 is 0 Å². The molecule has 0 radical (unpaired) electrons. The SMILES string of the molecule is COc1ccc(C2=CN3C(=O)c4cc(OC)c(OCCCOc5cc6c(cc5OC)C(=O)N5CC7(CC7)C[C@H]5C(O)N6C(=O)OCc5ccc(NC(=O)[C@H](C)NC(=O)[C@@H](NC(=O)CCC(=O)N6Cc7ccccc7C7=C(c8ccccc86)N(C(C)(C)C)NN7)C(C)C)cc5)cc4NC[C@@H]3C2)cn1. The number of benzene rings is 5. The van der Waals surface area contributed by atoms with Crippen molar-refractivity contribution in [2.75, 3.05) is 68.1 Å². The van der Waals surface area contributed by atoms with Crippen molar-refractivity contribution in [1.29, 1.82) is 0 Å². The van der Waals surface area contributed by atoms with Crippen LogP contribution in [0.1, 0.15) is 135 Å². The zero-order valence-electron chi connectivity index (χ0n) is 58.6. The van der Waals surface area contributed by atoms with Crippen molar-refractivity contribution in [2.45, 2.75) is 136 Å². The monoisotopic (exact) mass is 1390 g/mol. The van der Waals surface area contributed by atoms with Gasteiger partial charge in [-0.25, -0.2) is 14.7 Å². The number of amides is 7. The highest BCUT2D eigenvalue weighted by atomic mass is 16.6. The van der Waals surface area contributed by atoms with E-state index in [-0.39, 0.29) is 103 Å². The summed E-state index contributed by atoms with van der Waals surface area (Å²) in [6, 6.07) is 29.4. The van der Waals surface area contributed by atoms with Crippen molar-refractivity contribution in [2.24, 2.45) is 11.3 Å². The lowest BCUT2D eigenvalue weighted by molar-refractivity contribution is -0.132. The van der Waals surface area contributed by atoms with Gasteiger partial charge in [0.05, 0.1) is 92.8 Å². The number of aromatic nitrogens is 1. The van der Waals surface area contributed by atoms with Crippen LogP contribution in [0.4, 0.5) is 27.5 Å². The van der Waals surface area contributed by atoms with Gasteiger partial charge in [-0.3, -0.25) is 33.8 Å². The van der Waals surface area contributed by atoms with E-state index in [1.54, 1.807) is 84.3 Å². The van der Waals surface area contributed by atoms with Gasteiger partial charge in [-0.05, 0) is 123 Å². The molecule has 534 valence electrons. The van der Waals surface area contributed by atoms with Crippen LogP contribution in [0.2, 0.25) is 0 Å². The molecule has 6 aromatic rings. The third-order valence-corrected chi connectivity index (χ3v) is 19.9. The van der Waals surface area contributed by atoms with Crippen molar-refractivity contribution in [1.82, 2.24) is 41.4 Å². The van der Waals surface area contributed by atoms with Crippen molar-refractivity contribution in [3.05, 3.63) is 161 Å². The van der Waals surface area contributed by atoms with Crippen molar-refractivity contribution in [3.8, 4) is 28.9 Å². The van der Waals surface area contributed by atoms with Gasteiger partial charge in [0.15, 0.2) is 29.2 Å². The molecule has 1 saturated carbocycles. The Kier molecular flexibility index (Phi) is 19.5. The first-order valence-corrected chi connectivity index (χ1v) is 34.5. The number of nitrogens with one attached hydrogen (secondary N) is 6. The molecular weight excluding hydrogens is 1300 g/mol. The third-order valence-electron chi connectivity index (χ3n) is 19.9.